The Kier molecular flexibility index (Phi) is 9.84. The smallest absolute Gasteiger partial charge is 0.306 e. The van der Waals surface area contributed by atoms with Crippen LogP contribution in [0.25, 0.3) is 0 Å². The fourth-order valence-corrected chi connectivity index (χ4v) is 3.55. The molecule has 2 heterocycles. The molecule has 14 nitrogen and oxygen atoms in total. The van der Waals surface area contributed by atoms with Gasteiger partial charge >= 0.3 is 11.9 Å². The van der Waals surface area contributed by atoms with E-state index in [1.165, 1.54) is 13.8 Å². The molecule has 0 saturated carbocycles. The van der Waals surface area contributed by atoms with E-state index in [1.54, 1.807) is 0 Å². The summed E-state index contributed by atoms with van der Waals surface area (Å²) in [6.07, 6.45) is -2.10. The number of hydrogen-bond acceptors (Lipinski definition) is 12. The molecule has 0 amide bonds. The molecule has 0 radical (unpaired) electrons. The number of nitrogens with zero attached hydrogens (tertiary/aromatic N) is 2. The molecular weight excluding hydrogens is 436 g/mol. The Morgan fingerprint density at radius 1 is 0.844 bits per heavy atom. The molecule has 2 aliphatic heterocycles. The Morgan fingerprint density at radius 2 is 1.22 bits per heavy atom. The maximum Gasteiger partial charge on any atom is 0.306 e. The van der Waals surface area contributed by atoms with Crippen molar-refractivity contribution in [3.63, 3.8) is 0 Å². The Hall–Kier alpha value is -2.74. The van der Waals surface area contributed by atoms with E-state index < -0.39 is 58.7 Å². The fourth-order valence-electron chi connectivity index (χ4n) is 3.55. The van der Waals surface area contributed by atoms with E-state index >= 15 is 0 Å². The van der Waals surface area contributed by atoms with Gasteiger partial charge in [0, 0.05) is 12.8 Å². The number of fused-ring (bicyclic) bond motifs is 1. The van der Waals surface area contributed by atoms with Gasteiger partial charge in [-0.05, 0) is 39.5 Å². The van der Waals surface area contributed by atoms with Crippen molar-refractivity contribution in [1.82, 2.24) is 0 Å². The molecule has 14 heteroatoms. The van der Waals surface area contributed by atoms with Crippen LogP contribution in [0.4, 0.5) is 0 Å². The summed E-state index contributed by atoms with van der Waals surface area (Å²) in [5.41, 5.74) is 0. The zero-order chi connectivity index (χ0) is 23.7. The van der Waals surface area contributed by atoms with E-state index in [-0.39, 0.29) is 26.1 Å². The van der Waals surface area contributed by atoms with Crippen LogP contribution in [-0.4, -0.2) is 71.9 Å². The van der Waals surface area contributed by atoms with Gasteiger partial charge in [-0.15, -0.1) is 20.2 Å². The van der Waals surface area contributed by atoms with Gasteiger partial charge < -0.3 is 28.6 Å². The summed E-state index contributed by atoms with van der Waals surface area (Å²) in [6, 6.07) is 0. The van der Waals surface area contributed by atoms with Gasteiger partial charge in [0.05, 0.1) is 13.2 Å². The predicted octanol–water partition coefficient (Wildman–Crippen LogP) is 1.14. The van der Waals surface area contributed by atoms with Crippen LogP contribution in [-0.2, 0) is 38.2 Å². The average molecular weight is 464 g/mol. The molecule has 0 N–H and O–H groups in total. The third-order valence-corrected chi connectivity index (χ3v) is 5.04. The molecule has 0 bridgehead atoms. The lowest BCUT2D eigenvalue weighted by Crippen LogP contribution is -2.36. The molecule has 0 aromatic carbocycles. The van der Waals surface area contributed by atoms with Crippen molar-refractivity contribution in [2.75, 3.05) is 13.2 Å². The molecule has 2 fully saturated rings. The average Bonchev–Trinajstić information content (AvgIpc) is 3.24. The normalized spacial score (nSPS) is 25.9. The molecule has 0 aliphatic carbocycles. The summed E-state index contributed by atoms with van der Waals surface area (Å²) < 4.78 is 22.0. The van der Waals surface area contributed by atoms with E-state index in [0.717, 1.165) is 0 Å². The molecule has 0 aromatic heterocycles. The molecule has 2 saturated heterocycles. The summed E-state index contributed by atoms with van der Waals surface area (Å²) >= 11 is 0. The van der Waals surface area contributed by atoms with Crippen LogP contribution >= 0.6 is 0 Å². The quantitative estimate of drug-likeness (QED) is 0.204. The van der Waals surface area contributed by atoms with E-state index in [1.807, 2.05) is 0 Å². The highest BCUT2D eigenvalue weighted by Gasteiger charge is 2.51. The third kappa shape index (κ3) is 8.42. The van der Waals surface area contributed by atoms with E-state index in [9.17, 15) is 29.8 Å². The van der Waals surface area contributed by atoms with Crippen LogP contribution in [0.5, 0.6) is 0 Å². The fraction of sp³-hybridized carbons (Fsp3) is 0.889. The van der Waals surface area contributed by atoms with Gasteiger partial charge in [0.2, 0.25) is 0 Å². The second-order valence-corrected chi connectivity index (χ2v) is 7.72. The standard InChI is InChI=1S/C18H28N2O12/c1-11(31-19(23)24)5-3-7-15(21)29-13-9-27-18-14(10-28-17(13)18)30-16(22)8-4-6-12(2)32-20(25)26/h11-14,17-18H,3-10H2,1-2H3/t11?,12?,13-,14-,17-,18-/m1/s1. The summed E-state index contributed by atoms with van der Waals surface area (Å²) in [4.78, 5) is 53.3. The molecule has 2 aliphatic rings. The first-order valence-corrected chi connectivity index (χ1v) is 10.4. The molecule has 2 unspecified atom stereocenters. The Bertz CT molecular complexity index is 618. The van der Waals surface area contributed by atoms with Gasteiger partial charge in [0.1, 0.15) is 24.4 Å². The zero-order valence-corrected chi connectivity index (χ0v) is 17.9. The minimum Gasteiger partial charge on any atom is -0.457 e. The van der Waals surface area contributed by atoms with Crippen LogP contribution in [0.2, 0.25) is 0 Å². The number of carbonyl (C=O) groups is 2. The van der Waals surface area contributed by atoms with Gasteiger partial charge in [-0.3, -0.25) is 9.59 Å². The van der Waals surface area contributed by atoms with Crippen LogP contribution in [0.3, 0.4) is 0 Å². The maximum absolute atomic E-state index is 12.0. The zero-order valence-electron chi connectivity index (χ0n) is 17.9. The molecule has 2 rings (SSSR count). The van der Waals surface area contributed by atoms with Crippen molar-refractivity contribution < 1.29 is 48.4 Å². The van der Waals surface area contributed by atoms with E-state index in [0.29, 0.717) is 25.7 Å². The molecule has 0 spiro atoms. The van der Waals surface area contributed by atoms with Crippen molar-refractivity contribution in [2.45, 2.75) is 89.0 Å². The second-order valence-electron chi connectivity index (χ2n) is 7.72. The maximum atomic E-state index is 12.0. The van der Waals surface area contributed by atoms with Gasteiger partial charge in [-0.2, -0.15) is 0 Å². The lowest BCUT2D eigenvalue weighted by atomic mass is 10.1. The van der Waals surface area contributed by atoms with Crippen LogP contribution in [0.15, 0.2) is 0 Å². The number of esters is 2. The van der Waals surface area contributed by atoms with Gasteiger partial charge in [0.15, 0.2) is 12.2 Å². The summed E-state index contributed by atoms with van der Waals surface area (Å²) in [5.74, 6) is -0.967. The molecule has 182 valence electrons. The summed E-state index contributed by atoms with van der Waals surface area (Å²) in [6.45, 7) is 3.29. The predicted molar refractivity (Wildman–Crippen MR) is 102 cm³/mol. The van der Waals surface area contributed by atoms with Gasteiger partial charge in [-0.1, -0.05) is 0 Å². The number of rotatable bonds is 14. The van der Waals surface area contributed by atoms with E-state index in [4.69, 9.17) is 18.9 Å². The first-order valence-electron chi connectivity index (χ1n) is 10.4. The van der Waals surface area contributed by atoms with Crippen molar-refractivity contribution in [2.24, 2.45) is 0 Å². The largest absolute Gasteiger partial charge is 0.457 e. The highest BCUT2D eigenvalue weighted by Crippen LogP contribution is 2.31. The Labute approximate surface area is 183 Å². The van der Waals surface area contributed by atoms with Gasteiger partial charge in [-0.25, -0.2) is 0 Å². The molecule has 6 atom stereocenters. The SMILES string of the molecule is CC(CCCC(=O)O[C@@H]1CO[C@H]2[C@@H]1OC[C@H]2OC(=O)CCCC(C)O[N+](=O)[O-])O[N+](=O)[O-]. The van der Waals surface area contributed by atoms with E-state index in [2.05, 4.69) is 9.68 Å². The summed E-state index contributed by atoms with van der Waals surface area (Å²) in [5, 5.41) is 18.8. The molecule has 0 aromatic rings. The number of hydrogen-bond donors (Lipinski definition) is 0. The molecule has 32 heavy (non-hydrogen) atoms. The van der Waals surface area contributed by atoms with Crippen LogP contribution < -0.4 is 0 Å². The lowest BCUT2D eigenvalue weighted by molar-refractivity contribution is -0.767. The van der Waals surface area contributed by atoms with Crippen molar-refractivity contribution >= 4 is 11.9 Å². The lowest BCUT2D eigenvalue weighted by Gasteiger charge is -2.17. The number of carbonyl (C=O) groups excluding carboxylic acids is 2. The van der Waals surface area contributed by atoms with Crippen molar-refractivity contribution in [3.8, 4) is 0 Å². The third-order valence-electron chi connectivity index (χ3n) is 5.04. The van der Waals surface area contributed by atoms with Crippen molar-refractivity contribution in [3.05, 3.63) is 20.2 Å². The van der Waals surface area contributed by atoms with Gasteiger partial charge in [0.25, 0.3) is 10.2 Å². The monoisotopic (exact) mass is 464 g/mol. The van der Waals surface area contributed by atoms with Crippen molar-refractivity contribution in [1.29, 1.82) is 0 Å². The Balaban J connectivity index is 1.66. The topological polar surface area (TPSA) is 176 Å². The van der Waals surface area contributed by atoms with Crippen LogP contribution in [0, 0.1) is 20.2 Å². The second kappa shape index (κ2) is 12.3. The summed E-state index contributed by atoms with van der Waals surface area (Å²) in [7, 11) is 0. The first-order chi connectivity index (χ1) is 15.2. The first kappa shape index (κ1) is 25.5. The number of ether oxygens (including phenoxy) is 4. The molecular formula is C18H28N2O12. The minimum absolute atomic E-state index is 0.0658. The highest BCUT2D eigenvalue weighted by atomic mass is 17.0. The minimum atomic E-state index is -0.870. The Morgan fingerprint density at radius 3 is 1.56 bits per heavy atom. The van der Waals surface area contributed by atoms with Crippen LogP contribution in [0.1, 0.15) is 52.4 Å². The highest BCUT2D eigenvalue weighted by molar-refractivity contribution is 5.70.